The first-order valence-corrected chi connectivity index (χ1v) is 7.54. The summed E-state index contributed by atoms with van der Waals surface area (Å²) in [5.41, 5.74) is 0.428. The Morgan fingerprint density at radius 3 is 2.45 bits per heavy atom. The number of nitrogens with one attached hydrogen (secondary N) is 1. The maximum Gasteiger partial charge on any atom is 0.262 e. The van der Waals surface area contributed by atoms with Gasteiger partial charge < -0.3 is 9.84 Å². The summed E-state index contributed by atoms with van der Waals surface area (Å²) in [6.45, 7) is 2.42. The van der Waals surface area contributed by atoms with E-state index in [1.54, 1.807) is 24.3 Å². The van der Waals surface area contributed by atoms with E-state index in [-0.39, 0.29) is 10.6 Å². The normalized spacial score (nSPS) is 11.1. The Kier molecular flexibility index (Phi) is 4.14. The van der Waals surface area contributed by atoms with Crippen molar-refractivity contribution in [1.29, 1.82) is 0 Å². The number of ether oxygens (including phenoxy) is 1. The summed E-state index contributed by atoms with van der Waals surface area (Å²) in [4.78, 5) is 0.00591. The van der Waals surface area contributed by atoms with Crippen LogP contribution in [0.4, 0.5) is 5.69 Å². The van der Waals surface area contributed by atoms with Gasteiger partial charge in [0.2, 0.25) is 0 Å². The van der Waals surface area contributed by atoms with Gasteiger partial charge in [0, 0.05) is 11.8 Å². The summed E-state index contributed by atoms with van der Waals surface area (Å²) in [7, 11) is -3.71. The molecule has 0 fully saturated rings. The van der Waals surface area contributed by atoms with E-state index in [2.05, 4.69) is 4.72 Å². The molecule has 106 valence electrons. The molecule has 6 heteroatoms. The number of anilines is 1. The van der Waals surface area contributed by atoms with E-state index in [0.717, 1.165) is 0 Å². The number of phenolic OH excluding ortho intramolecular Hbond substituents is 1. The average Bonchev–Trinajstić information content (AvgIpc) is 2.41. The van der Waals surface area contributed by atoms with Crippen molar-refractivity contribution in [2.75, 3.05) is 11.3 Å². The van der Waals surface area contributed by atoms with E-state index in [9.17, 15) is 13.5 Å². The molecule has 2 aromatic carbocycles. The molecular weight excluding hydrogens is 278 g/mol. The number of benzene rings is 2. The van der Waals surface area contributed by atoms with Crippen LogP contribution in [0, 0.1) is 0 Å². The lowest BCUT2D eigenvalue weighted by Gasteiger charge is -2.09. The summed E-state index contributed by atoms with van der Waals surface area (Å²) in [5.74, 6) is 0.576. The molecule has 2 aromatic rings. The van der Waals surface area contributed by atoms with Gasteiger partial charge in [-0.15, -0.1) is 0 Å². The highest BCUT2D eigenvalue weighted by atomic mass is 32.2. The summed E-state index contributed by atoms with van der Waals surface area (Å²) >= 11 is 0. The first kappa shape index (κ1) is 14.2. The summed E-state index contributed by atoms with van der Waals surface area (Å²) in [6, 6.07) is 12.1. The monoisotopic (exact) mass is 293 g/mol. The van der Waals surface area contributed by atoms with Crippen molar-refractivity contribution in [2.45, 2.75) is 11.8 Å². The third-order valence-corrected chi connectivity index (χ3v) is 3.92. The maximum absolute atomic E-state index is 12.1. The van der Waals surface area contributed by atoms with Gasteiger partial charge in [-0.2, -0.15) is 0 Å². The third kappa shape index (κ3) is 3.42. The third-order valence-electron chi connectivity index (χ3n) is 2.55. The molecule has 0 saturated carbocycles. The molecule has 0 atom stereocenters. The van der Waals surface area contributed by atoms with Crippen molar-refractivity contribution < 1.29 is 18.3 Å². The van der Waals surface area contributed by atoms with E-state index in [1.165, 1.54) is 24.3 Å². The number of phenols is 1. The highest BCUT2D eigenvalue weighted by molar-refractivity contribution is 7.92. The smallest absolute Gasteiger partial charge is 0.262 e. The Bertz CT molecular complexity index is 681. The number of hydrogen-bond donors (Lipinski definition) is 2. The van der Waals surface area contributed by atoms with E-state index in [0.29, 0.717) is 18.0 Å². The molecular formula is C14H15NO4S. The Morgan fingerprint density at radius 1 is 1.15 bits per heavy atom. The fourth-order valence-electron chi connectivity index (χ4n) is 1.65. The quantitative estimate of drug-likeness (QED) is 0.888. The molecule has 0 amide bonds. The Balaban J connectivity index is 2.20. The van der Waals surface area contributed by atoms with Crippen molar-refractivity contribution in [1.82, 2.24) is 0 Å². The van der Waals surface area contributed by atoms with Crippen LogP contribution in [0.2, 0.25) is 0 Å². The Labute approximate surface area is 117 Å². The van der Waals surface area contributed by atoms with Crippen molar-refractivity contribution in [3.05, 3.63) is 48.5 Å². The van der Waals surface area contributed by atoms with Gasteiger partial charge in [0.15, 0.2) is 0 Å². The van der Waals surface area contributed by atoms with Crippen LogP contribution in [0.1, 0.15) is 6.92 Å². The second-order valence-corrected chi connectivity index (χ2v) is 5.74. The highest BCUT2D eigenvalue weighted by Gasteiger charge is 2.14. The van der Waals surface area contributed by atoms with Gasteiger partial charge in [0.05, 0.1) is 11.5 Å². The van der Waals surface area contributed by atoms with Gasteiger partial charge in [0.1, 0.15) is 11.5 Å². The van der Waals surface area contributed by atoms with Gasteiger partial charge in [-0.25, -0.2) is 8.42 Å². The van der Waals surface area contributed by atoms with Crippen molar-refractivity contribution >= 4 is 15.7 Å². The number of rotatable bonds is 5. The van der Waals surface area contributed by atoms with Gasteiger partial charge >= 0.3 is 0 Å². The van der Waals surface area contributed by atoms with Crippen LogP contribution in [0.25, 0.3) is 0 Å². The number of hydrogen-bond acceptors (Lipinski definition) is 4. The van der Waals surface area contributed by atoms with Crippen molar-refractivity contribution in [3.63, 3.8) is 0 Å². The van der Waals surface area contributed by atoms with E-state index in [1.807, 2.05) is 6.92 Å². The Hall–Kier alpha value is -2.21. The van der Waals surface area contributed by atoms with Crippen molar-refractivity contribution in [3.8, 4) is 11.5 Å². The Morgan fingerprint density at radius 2 is 1.85 bits per heavy atom. The largest absolute Gasteiger partial charge is 0.508 e. The minimum Gasteiger partial charge on any atom is -0.508 e. The van der Waals surface area contributed by atoms with E-state index >= 15 is 0 Å². The van der Waals surface area contributed by atoms with Gasteiger partial charge in [-0.3, -0.25) is 4.72 Å². The van der Waals surface area contributed by atoms with Gasteiger partial charge in [-0.05, 0) is 43.3 Å². The molecule has 20 heavy (non-hydrogen) atoms. The molecule has 0 aromatic heterocycles. The van der Waals surface area contributed by atoms with Crippen LogP contribution in [-0.2, 0) is 10.0 Å². The van der Waals surface area contributed by atoms with Crippen LogP contribution < -0.4 is 9.46 Å². The highest BCUT2D eigenvalue weighted by Crippen LogP contribution is 2.21. The lowest BCUT2D eigenvalue weighted by atomic mass is 10.3. The number of aromatic hydroxyl groups is 1. The maximum atomic E-state index is 12.1. The van der Waals surface area contributed by atoms with Crippen LogP contribution in [0.3, 0.4) is 0 Å². The first-order valence-electron chi connectivity index (χ1n) is 6.06. The van der Waals surface area contributed by atoms with Crippen molar-refractivity contribution in [2.24, 2.45) is 0 Å². The fourth-order valence-corrected chi connectivity index (χ4v) is 2.75. The summed E-state index contributed by atoms with van der Waals surface area (Å²) in [5, 5.41) is 9.33. The minimum atomic E-state index is -3.71. The molecule has 0 bridgehead atoms. The van der Waals surface area contributed by atoms with Gasteiger partial charge in [-0.1, -0.05) is 6.07 Å². The molecule has 2 N–H and O–H groups in total. The zero-order chi connectivity index (χ0) is 14.6. The fraction of sp³-hybridized carbons (Fsp3) is 0.143. The second-order valence-electron chi connectivity index (χ2n) is 4.06. The zero-order valence-corrected chi connectivity index (χ0v) is 11.7. The van der Waals surface area contributed by atoms with Crippen LogP contribution in [0.15, 0.2) is 53.4 Å². The molecule has 2 rings (SSSR count). The molecule has 0 aliphatic carbocycles. The molecule has 0 aliphatic rings. The van der Waals surface area contributed by atoms with Crippen LogP contribution in [-0.4, -0.2) is 20.1 Å². The standard InChI is InChI=1S/C14H15NO4S/c1-2-19-13-8-6-11(7-9-13)15-20(17,18)14-5-3-4-12(16)10-14/h3-10,15-16H,2H2,1H3. The molecule has 0 unspecified atom stereocenters. The summed E-state index contributed by atoms with van der Waals surface area (Å²) < 4.78 is 31.9. The molecule has 5 nitrogen and oxygen atoms in total. The van der Waals surface area contributed by atoms with Crippen LogP contribution >= 0.6 is 0 Å². The SMILES string of the molecule is CCOc1ccc(NS(=O)(=O)c2cccc(O)c2)cc1. The molecule has 0 saturated heterocycles. The predicted octanol–water partition coefficient (Wildman–Crippen LogP) is 2.59. The lowest BCUT2D eigenvalue weighted by Crippen LogP contribution is -2.12. The zero-order valence-electron chi connectivity index (χ0n) is 10.9. The molecule has 0 heterocycles. The number of sulfonamides is 1. The first-order chi connectivity index (χ1) is 9.51. The lowest BCUT2D eigenvalue weighted by molar-refractivity contribution is 0.340. The predicted molar refractivity (Wildman–Crippen MR) is 76.5 cm³/mol. The summed E-state index contributed by atoms with van der Waals surface area (Å²) in [6.07, 6.45) is 0. The molecule has 0 radical (unpaired) electrons. The van der Waals surface area contributed by atoms with Crippen LogP contribution in [0.5, 0.6) is 11.5 Å². The topological polar surface area (TPSA) is 75.6 Å². The van der Waals surface area contributed by atoms with Gasteiger partial charge in [0.25, 0.3) is 10.0 Å². The average molecular weight is 293 g/mol. The molecule has 0 spiro atoms. The molecule has 0 aliphatic heterocycles. The second kappa shape index (κ2) is 5.83. The van der Waals surface area contributed by atoms with E-state index < -0.39 is 10.0 Å². The van der Waals surface area contributed by atoms with E-state index in [4.69, 9.17) is 4.74 Å². The minimum absolute atomic E-state index is 0.00591.